The zero-order chi connectivity index (χ0) is 6.28. The number of hydrogen-bond acceptors (Lipinski definition) is 5. The van der Waals surface area contributed by atoms with Crippen molar-refractivity contribution < 1.29 is 14.5 Å². The van der Waals surface area contributed by atoms with Gasteiger partial charge in [-0.1, -0.05) is 0 Å². The van der Waals surface area contributed by atoms with Crippen LogP contribution in [0.25, 0.3) is 0 Å². The van der Waals surface area contributed by atoms with E-state index in [1.807, 2.05) is 0 Å². The molecule has 0 amide bonds. The first-order chi connectivity index (χ1) is 3.15. The van der Waals surface area contributed by atoms with Gasteiger partial charge in [0, 0.05) is 0 Å². The van der Waals surface area contributed by atoms with Crippen molar-refractivity contribution in [2.24, 2.45) is 0 Å². The maximum absolute atomic E-state index is 8.35. The molecule has 0 aliphatic heterocycles. The SMILES string of the molecule is O=P[O-].O=[N+]([O-])[O-]. The highest BCUT2D eigenvalue weighted by Gasteiger charge is 1.45. The maximum atomic E-state index is 8.35. The molecule has 0 aliphatic rings. The van der Waals surface area contributed by atoms with Gasteiger partial charge in [0.25, 0.3) is 0 Å². The molecule has 0 aromatic rings. The average molecular weight is 125 g/mol. The fourth-order valence-electron chi connectivity index (χ4n) is 0. The molecule has 0 atom stereocenters. The van der Waals surface area contributed by atoms with Crippen LogP contribution in [0.3, 0.4) is 0 Å². The Bertz CT molecular complexity index is 55.1. The Morgan fingerprint density at radius 1 is 1.43 bits per heavy atom. The van der Waals surface area contributed by atoms with Crippen molar-refractivity contribution in [1.29, 1.82) is 0 Å². The highest BCUT2D eigenvalue weighted by molar-refractivity contribution is 7.14. The zero-order valence-corrected chi connectivity index (χ0v) is 3.83. The second kappa shape index (κ2) is 8.98. The Hall–Kier alpha value is -0.740. The maximum Gasteiger partial charge on any atom is 0.0689 e. The summed E-state index contributed by atoms with van der Waals surface area (Å²) in [5, 5.41) is 14.8. The standard InChI is InChI=1S/NO3.HO2P/c2-1(3)4;1-3-2/h;(H,1,2)/q-1;/p-1. The summed E-state index contributed by atoms with van der Waals surface area (Å²) in [6, 6.07) is 0. The molecule has 7 heavy (non-hydrogen) atoms. The number of rotatable bonds is 0. The van der Waals surface area contributed by atoms with E-state index in [4.69, 9.17) is 24.8 Å². The first-order valence-electron chi connectivity index (χ1n) is 0.913. The van der Waals surface area contributed by atoms with E-state index in [0.717, 1.165) is 0 Å². The Balaban J connectivity index is 0. The van der Waals surface area contributed by atoms with Gasteiger partial charge in [-0.25, -0.2) is 0 Å². The van der Waals surface area contributed by atoms with Gasteiger partial charge in [0.1, 0.15) is 0 Å². The summed E-state index contributed by atoms with van der Waals surface area (Å²) in [4.78, 5) is 16.6. The molecule has 0 radical (unpaired) electrons. The van der Waals surface area contributed by atoms with E-state index >= 15 is 0 Å². The summed E-state index contributed by atoms with van der Waals surface area (Å²) in [6.07, 6.45) is 0. The number of nitrogens with zero attached hydrogens (tertiary/aromatic N) is 1. The van der Waals surface area contributed by atoms with Crippen molar-refractivity contribution in [3.05, 3.63) is 15.3 Å². The lowest BCUT2D eigenvalue weighted by atomic mass is 13.1. The molecule has 0 fully saturated rings. The first-order valence-corrected chi connectivity index (χ1v) is 1.64. The molecule has 0 bridgehead atoms. The third-order valence-electron chi connectivity index (χ3n) is 0. The van der Waals surface area contributed by atoms with Crippen LogP contribution in [0.4, 0.5) is 0 Å². The predicted octanol–water partition coefficient (Wildman–Crippen LogP) is -0.686. The molecule has 0 rings (SSSR count). The summed E-state index contributed by atoms with van der Waals surface area (Å²) < 4.78 is 8.35. The summed E-state index contributed by atoms with van der Waals surface area (Å²) in [7, 11) is -1.08. The van der Waals surface area contributed by atoms with E-state index in [-0.39, 0.29) is 0 Å². The van der Waals surface area contributed by atoms with Gasteiger partial charge in [0.2, 0.25) is 0 Å². The van der Waals surface area contributed by atoms with Crippen molar-refractivity contribution in [1.82, 2.24) is 0 Å². The second-order valence-electron chi connectivity index (χ2n) is 0.298. The van der Waals surface area contributed by atoms with Gasteiger partial charge < -0.3 is 20.2 Å². The normalized spacial score (nSPS) is 6.43. The van der Waals surface area contributed by atoms with Crippen molar-refractivity contribution in [2.45, 2.75) is 0 Å². The first kappa shape index (κ1) is 9.54. The molecule has 0 saturated heterocycles. The van der Waals surface area contributed by atoms with Crippen molar-refractivity contribution in [3.8, 4) is 0 Å². The van der Waals surface area contributed by atoms with Gasteiger partial charge in [-0.05, 0) is 0 Å². The Kier molecular flexibility index (Phi) is 12.2. The molecule has 42 valence electrons. The monoisotopic (exact) mass is 125 g/mol. The minimum atomic E-state index is -1.75. The van der Waals surface area contributed by atoms with E-state index in [0.29, 0.717) is 0 Å². The van der Waals surface area contributed by atoms with Gasteiger partial charge in [-0.3, -0.25) is 4.57 Å². The summed E-state index contributed by atoms with van der Waals surface area (Å²) in [5.41, 5.74) is 0. The minimum Gasteiger partial charge on any atom is -0.772 e. The summed E-state index contributed by atoms with van der Waals surface area (Å²) in [6.45, 7) is 0. The van der Waals surface area contributed by atoms with Crippen LogP contribution in [-0.2, 0) is 4.57 Å². The minimum absolute atomic E-state index is 1.08. The van der Waals surface area contributed by atoms with E-state index in [1.165, 1.54) is 0 Å². The molecule has 0 N–H and O–H groups in total. The predicted molar refractivity (Wildman–Crippen MR) is 18.0 cm³/mol. The zero-order valence-electron chi connectivity index (χ0n) is 2.94. The van der Waals surface area contributed by atoms with Crippen LogP contribution in [0.2, 0.25) is 0 Å². The van der Waals surface area contributed by atoms with Crippen molar-refractivity contribution in [3.63, 3.8) is 0 Å². The van der Waals surface area contributed by atoms with Crippen LogP contribution in [0.15, 0.2) is 0 Å². The average Bonchev–Trinajstić information content (AvgIpc) is 1.33. The topological polar surface area (TPSA) is 106 Å². The molecule has 0 spiro atoms. The van der Waals surface area contributed by atoms with Crippen LogP contribution >= 0.6 is 8.69 Å². The van der Waals surface area contributed by atoms with E-state index in [1.54, 1.807) is 0 Å². The molecule has 0 unspecified atom stereocenters. The smallest absolute Gasteiger partial charge is 0.0689 e. The lowest BCUT2D eigenvalue weighted by molar-refractivity contribution is -0.402. The van der Waals surface area contributed by atoms with Crippen LogP contribution in [0.5, 0.6) is 0 Å². The van der Waals surface area contributed by atoms with Crippen LogP contribution < -0.4 is 4.89 Å². The van der Waals surface area contributed by atoms with Gasteiger partial charge in [-0.15, -0.1) is 0 Å². The highest BCUT2D eigenvalue weighted by atomic mass is 31.1. The van der Waals surface area contributed by atoms with Gasteiger partial charge in [0.05, 0.1) is 13.8 Å². The van der Waals surface area contributed by atoms with E-state index in [2.05, 4.69) is 0 Å². The molecular weight excluding hydrogens is 125 g/mol. The molecule has 0 aromatic heterocycles. The Morgan fingerprint density at radius 3 is 1.43 bits per heavy atom. The van der Waals surface area contributed by atoms with Gasteiger partial charge >= 0.3 is 0 Å². The van der Waals surface area contributed by atoms with Crippen molar-refractivity contribution >= 4 is 8.69 Å². The Labute approximate surface area is 39.8 Å². The van der Waals surface area contributed by atoms with Crippen LogP contribution in [0, 0.1) is 15.3 Å². The molecule has 6 nitrogen and oxygen atoms in total. The highest BCUT2D eigenvalue weighted by Crippen LogP contribution is 1.53. The van der Waals surface area contributed by atoms with Gasteiger partial charge in [0.15, 0.2) is 0 Å². The quantitative estimate of drug-likeness (QED) is 0.242. The lowest BCUT2D eigenvalue weighted by Crippen LogP contribution is -1.74. The number of hydrogen-bond donors (Lipinski definition) is 0. The van der Waals surface area contributed by atoms with Crippen LogP contribution in [-0.4, -0.2) is 5.09 Å². The fraction of sp³-hybridized carbons (Fsp3) is 0. The van der Waals surface area contributed by atoms with Crippen LogP contribution in [0.1, 0.15) is 0 Å². The lowest BCUT2D eigenvalue weighted by Gasteiger charge is -1.74. The Morgan fingerprint density at radius 2 is 1.43 bits per heavy atom. The third kappa shape index (κ3) is 102. The summed E-state index contributed by atoms with van der Waals surface area (Å²) in [5.74, 6) is 0. The molecular formula is NO5P-2. The largest absolute Gasteiger partial charge is 0.772 e. The third-order valence-corrected chi connectivity index (χ3v) is 0. The van der Waals surface area contributed by atoms with Crippen molar-refractivity contribution in [2.75, 3.05) is 0 Å². The molecule has 0 heterocycles. The summed E-state index contributed by atoms with van der Waals surface area (Å²) >= 11 is 0. The fourth-order valence-corrected chi connectivity index (χ4v) is 0. The molecule has 0 aromatic carbocycles. The molecule has 0 saturated carbocycles. The molecule has 0 aliphatic carbocycles. The second-order valence-corrected chi connectivity index (χ2v) is 0.447. The van der Waals surface area contributed by atoms with E-state index in [9.17, 15) is 0 Å². The molecule has 7 heteroatoms. The van der Waals surface area contributed by atoms with E-state index < -0.39 is 13.8 Å². The van der Waals surface area contributed by atoms with Gasteiger partial charge in [-0.2, -0.15) is 0 Å².